The summed E-state index contributed by atoms with van der Waals surface area (Å²) in [6.45, 7) is 0.646. The molecule has 0 unspecified atom stereocenters. The molecule has 0 saturated carbocycles. The first-order valence-electron chi connectivity index (χ1n) is 7.19. The van der Waals surface area contributed by atoms with Crippen molar-refractivity contribution in [3.63, 3.8) is 0 Å². The van der Waals surface area contributed by atoms with Crippen molar-refractivity contribution in [2.75, 3.05) is 20.8 Å². The van der Waals surface area contributed by atoms with Crippen LogP contribution in [-0.4, -0.2) is 41.4 Å². The van der Waals surface area contributed by atoms with Gasteiger partial charge in [0.25, 0.3) is 11.5 Å². The molecule has 0 fully saturated rings. The number of methoxy groups -OCH3 is 1. The van der Waals surface area contributed by atoms with Gasteiger partial charge in [-0.05, 0) is 24.3 Å². The first-order valence-corrected chi connectivity index (χ1v) is 7.98. The van der Waals surface area contributed by atoms with Gasteiger partial charge in [0.1, 0.15) is 11.5 Å². The lowest BCUT2D eigenvalue weighted by Crippen LogP contribution is -2.31. The Morgan fingerprint density at radius 2 is 2.12 bits per heavy atom. The fraction of sp³-hybridized carbons (Fsp3) is 0.312. The van der Waals surface area contributed by atoms with Crippen LogP contribution in [0.5, 0.6) is 0 Å². The topological polar surface area (TPSA) is 64.4 Å². The van der Waals surface area contributed by atoms with E-state index >= 15 is 0 Å². The number of halogens is 2. The van der Waals surface area contributed by atoms with E-state index in [4.69, 9.17) is 4.74 Å². The van der Waals surface area contributed by atoms with Gasteiger partial charge >= 0.3 is 0 Å². The number of aromatic nitrogens is 2. The van der Waals surface area contributed by atoms with E-state index in [9.17, 15) is 14.0 Å². The zero-order valence-electron chi connectivity index (χ0n) is 13.3. The molecule has 6 nitrogen and oxygen atoms in total. The van der Waals surface area contributed by atoms with E-state index in [0.29, 0.717) is 12.2 Å². The fourth-order valence-corrected chi connectivity index (χ4v) is 2.50. The predicted molar refractivity (Wildman–Crippen MR) is 90.3 cm³/mol. The maximum atomic E-state index is 13.8. The standard InChI is InChI=1S/C16H17BrFN3O3/c1-20(10-11-9-12(17)3-4-13(11)18)16(23)14-5-6-15(22)21(19-14)7-8-24-2/h3-6,9H,7-8,10H2,1-2H3. The molecule has 1 aromatic heterocycles. The molecule has 0 saturated heterocycles. The minimum Gasteiger partial charge on any atom is -0.383 e. The van der Waals surface area contributed by atoms with Crippen molar-refractivity contribution in [1.29, 1.82) is 0 Å². The Bertz CT molecular complexity index is 794. The smallest absolute Gasteiger partial charge is 0.274 e. The second-order valence-corrected chi connectivity index (χ2v) is 6.09. The van der Waals surface area contributed by atoms with Crippen molar-refractivity contribution in [1.82, 2.24) is 14.7 Å². The van der Waals surface area contributed by atoms with E-state index < -0.39 is 11.7 Å². The zero-order chi connectivity index (χ0) is 17.7. The number of hydrogen-bond acceptors (Lipinski definition) is 4. The first kappa shape index (κ1) is 18.3. The van der Waals surface area contributed by atoms with Crippen LogP contribution in [0.3, 0.4) is 0 Å². The van der Waals surface area contributed by atoms with Crippen LogP contribution in [0.25, 0.3) is 0 Å². The average molecular weight is 398 g/mol. The molecule has 24 heavy (non-hydrogen) atoms. The number of hydrogen-bond donors (Lipinski definition) is 0. The Balaban J connectivity index is 2.18. The zero-order valence-corrected chi connectivity index (χ0v) is 14.9. The van der Waals surface area contributed by atoms with Gasteiger partial charge in [0.15, 0.2) is 0 Å². The number of carbonyl (C=O) groups excluding carboxylic acids is 1. The fourth-order valence-electron chi connectivity index (χ4n) is 2.09. The van der Waals surface area contributed by atoms with Crippen LogP contribution in [0, 0.1) is 5.82 Å². The summed E-state index contributed by atoms with van der Waals surface area (Å²) in [5, 5.41) is 4.04. The summed E-state index contributed by atoms with van der Waals surface area (Å²) >= 11 is 3.28. The maximum absolute atomic E-state index is 13.8. The van der Waals surface area contributed by atoms with Crippen molar-refractivity contribution in [2.24, 2.45) is 0 Å². The molecule has 1 amide bonds. The van der Waals surface area contributed by atoms with Gasteiger partial charge in [-0.2, -0.15) is 5.10 Å². The number of carbonyl (C=O) groups is 1. The van der Waals surface area contributed by atoms with Gasteiger partial charge < -0.3 is 9.64 Å². The van der Waals surface area contributed by atoms with Crippen LogP contribution in [0.1, 0.15) is 16.1 Å². The summed E-state index contributed by atoms with van der Waals surface area (Å²) in [6, 6.07) is 7.19. The molecule has 0 aliphatic carbocycles. The van der Waals surface area contributed by atoms with Crippen molar-refractivity contribution < 1.29 is 13.9 Å². The quantitative estimate of drug-likeness (QED) is 0.748. The van der Waals surface area contributed by atoms with Gasteiger partial charge in [-0.15, -0.1) is 0 Å². The summed E-state index contributed by atoms with van der Waals surface area (Å²) in [5.74, 6) is -0.795. The number of benzene rings is 1. The van der Waals surface area contributed by atoms with Gasteiger partial charge in [0.2, 0.25) is 0 Å². The molecule has 0 radical (unpaired) electrons. The number of rotatable bonds is 6. The lowest BCUT2D eigenvalue weighted by molar-refractivity contribution is 0.0774. The Morgan fingerprint density at radius 3 is 2.83 bits per heavy atom. The van der Waals surface area contributed by atoms with Crippen molar-refractivity contribution >= 4 is 21.8 Å². The molecule has 2 rings (SSSR count). The van der Waals surface area contributed by atoms with Gasteiger partial charge in [0.05, 0.1) is 13.2 Å². The molecule has 0 atom stereocenters. The molecule has 0 aliphatic rings. The van der Waals surface area contributed by atoms with Crippen LogP contribution in [0.2, 0.25) is 0 Å². The summed E-state index contributed by atoms with van der Waals surface area (Å²) in [6.07, 6.45) is 0. The molecule has 1 heterocycles. The van der Waals surface area contributed by atoms with E-state index in [1.54, 1.807) is 19.2 Å². The minimum atomic E-state index is -0.402. The highest BCUT2D eigenvalue weighted by atomic mass is 79.9. The van der Waals surface area contributed by atoms with Crippen LogP contribution in [-0.2, 0) is 17.8 Å². The second-order valence-electron chi connectivity index (χ2n) is 5.17. The average Bonchev–Trinajstić information content (AvgIpc) is 2.56. The number of amides is 1. The van der Waals surface area contributed by atoms with E-state index in [1.807, 2.05) is 0 Å². The molecule has 2 aromatic rings. The molecular weight excluding hydrogens is 381 g/mol. The third kappa shape index (κ3) is 4.48. The minimum absolute atomic E-state index is 0.0863. The van der Waals surface area contributed by atoms with Crippen molar-refractivity contribution in [3.8, 4) is 0 Å². The predicted octanol–water partition coefficient (Wildman–Crippen LogP) is 2.06. The molecular formula is C16H17BrFN3O3. The van der Waals surface area contributed by atoms with Gasteiger partial charge in [0, 0.05) is 36.8 Å². The van der Waals surface area contributed by atoms with Gasteiger partial charge in [-0.1, -0.05) is 15.9 Å². The van der Waals surface area contributed by atoms with Crippen LogP contribution >= 0.6 is 15.9 Å². The summed E-state index contributed by atoms with van der Waals surface area (Å²) in [5.41, 5.74) is 0.181. The van der Waals surface area contributed by atoms with Gasteiger partial charge in [-0.3, -0.25) is 9.59 Å². The monoisotopic (exact) mass is 397 g/mol. The molecule has 0 aliphatic heterocycles. The Morgan fingerprint density at radius 1 is 1.38 bits per heavy atom. The number of ether oxygens (including phenoxy) is 1. The second kappa shape index (κ2) is 8.16. The SMILES string of the molecule is COCCn1nc(C(=O)N(C)Cc2cc(Br)ccc2F)ccc1=O. The molecule has 0 bridgehead atoms. The van der Waals surface area contributed by atoms with E-state index in [1.165, 1.54) is 34.9 Å². The molecule has 8 heteroatoms. The highest BCUT2D eigenvalue weighted by Gasteiger charge is 2.16. The van der Waals surface area contributed by atoms with Crippen LogP contribution in [0.4, 0.5) is 4.39 Å². The summed E-state index contributed by atoms with van der Waals surface area (Å²) in [7, 11) is 3.06. The molecule has 1 aromatic carbocycles. The normalized spacial score (nSPS) is 10.7. The van der Waals surface area contributed by atoms with E-state index in [0.717, 1.165) is 4.47 Å². The molecule has 0 N–H and O–H groups in total. The highest BCUT2D eigenvalue weighted by Crippen LogP contribution is 2.17. The molecule has 0 spiro atoms. The third-order valence-electron chi connectivity index (χ3n) is 3.35. The van der Waals surface area contributed by atoms with Gasteiger partial charge in [-0.25, -0.2) is 9.07 Å². The van der Waals surface area contributed by atoms with Crippen LogP contribution in [0.15, 0.2) is 39.6 Å². The first-order chi connectivity index (χ1) is 11.4. The summed E-state index contributed by atoms with van der Waals surface area (Å²) in [4.78, 5) is 25.5. The van der Waals surface area contributed by atoms with E-state index in [2.05, 4.69) is 21.0 Å². The Labute approximate surface area is 147 Å². The largest absolute Gasteiger partial charge is 0.383 e. The highest BCUT2D eigenvalue weighted by molar-refractivity contribution is 9.10. The maximum Gasteiger partial charge on any atom is 0.274 e. The van der Waals surface area contributed by atoms with Crippen molar-refractivity contribution in [2.45, 2.75) is 13.1 Å². The lowest BCUT2D eigenvalue weighted by Gasteiger charge is -2.18. The van der Waals surface area contributed by atoms with Crippen molar-refractivity contribution in [3.05, 3.63) is 62.2 Å². The Kier molecular flexibility index (Phi) is 6.22. The van der Waals surface area contributed by atoms with Crippen LogP contribution < -0.4 is 5.56 Å². The third-order valence-corrected chi connectivity index (χ3v) is 3.85. The molecule has 128 valence electrons. The van der Waals surface area contributed by atoms with E-state index in [-0.39, 0.29) is 24.3 Å². The Hall–Kier alpha value is -2.06. The number of nitrogens with zero attached hydrogens (tertiary/aromatic N) is 3. The summed E-state index contributed by atoms with van der Waals surface area (Å²) < 4.78 is 20.6. The lowest BCUT2D eigenvalue weighted by atomic mass is 10.2.